The number of aromatic hydroxyl groups is 1. The van der Waals surface area contributed by atoms with Crippen molar-refractivity contribution >= 4 is 28.1 Å². The summed E-state index contributed by atoms with van der Waals surface area (Å²) < 4.78 is 0. The van der Waals surface area contributed by atoms with Crippen molar-refractivity contribution in [2.75, 3.05) is 16.8 Å². The van der Waals surface area contributed by atoms with Crippen LogP contribution in [0.25, 0.3) is 10.8 Å². The van der Waals surface area contributed by atoms with Crippen molar-refractivity contribution < 1.29 is 9.90 Å². The van der Waals surface area contributed by atoms with Gasteiger partial charge in [-0.3, -0.25) is 4.79 Å². The molecule has 27 heavy (non-hydrogen) atoms. The quantitative estimate of drug-likeness (QED) is 0.551. The molecule has 2 N–H and O–H groups in total. The molecular weight excluding hydrogens is 338 g/mol. The predicted octanol–water partition coefficient (Wildman–Crippen LogP) is 3.95. The number of nitrogens with zero attached hydrogens (tertiary/aromatic N) is 2. The largest absolute Gasteiger partial charge is 0.507 e. The molecule has 1 aliphatic rings. The fourth-order valence-corrected chi connectivity index (χ4v) is 3.38. The minimum Gasteiger partial charge on any atom is -0.507 e. The Morgan fingerprint density at radius 3 is 2.70 bits per heavy atom. The third-order valence-electron chi connectivity index (χ3n) is 4.72. The molecule has 0 bridgehead atoms. The van der Waals surface area contributed by atoms with Gasteiger partial charge in [-0.2, -0.15) is 5.26 Å². The van der Waals surface area contributed by atoms with Gasteiger partial charge in [-0.05, 0) is 30.2 Å². The maximum atomic E-state index is 12.7. The van der Waals surface area contributed by atoms with Crippen LogP contribution in [0.5, 0.6) is 5.75 Å². The summed E-state index contributed by atoms with van der Waals surface area (Å²) in [5.74, 6) is -0.328. The van der Waals surface area contributed by atoms with E-state index >= 15 is 0 Å². The number of amides is 1. The van der Waals surface area contributed by atoms with Gasteiger partial charge < -0.3 is 15.3 Å². The van der Waals surface area contributed by atoms with Crippen molar-refractivity contribution in [3.8, 4) is 11.8 Å². The Kier molecular flexibility index (Phi) is 4.23. The number of nitriles is 1. The summed E-state index contributed by atoms with van der Waals surface area (Å²) in [5.41, 5.74) is 2.81. The van der Waals surface area contributed by atoms with Crippen molar-refractivity contribution in [1.82, 2.24) is 0 Å². The molecule has 5 nitrogen and oxygen atoms in total. The summed E-state index contributed by atoms with van der Waals surface area (Å²) in [4.78, 5) is 14.6. The Morgan fingerprint density at radius 1 is 1.07 bits per heavy atom. The molecule has 0 radical (unpaired) electrons. The van der Waals surface area contributed by atoms with E-state index in [1.807, 2.05) is 35.2 Å². The summed E-state index contributed by atoms with van der Waals surface area (Å²) in [5, 5.41) is 23.6. The van der Waals surface area contributed by atoms with Gasteiger partial charge in [-0.25, -0.2) is 0 Å². The van der Waals surface area contributed by atoms with Crippen molar-refractivity contribution in [3.63, 3.8) is 0 Å². The average Bonchev–Trinajstić information content (AvgIpc) is 3.10. The second-order valence-electron chi connectivity index (χ2n) is 6.36. The maximum absolute atomic E-state index is 12.7. The van der Waals surface area contributed by atoms with Gasteiger partial charge >= 0.3 is 0 Å². The second kappa shape index (κ2) is 6.85. The molecule has 132 valence electrons. The summed E-state index contributed by atoms with van der Waals surface area (Å²) >= 11 is 0. The normalized spacial score (nSPS) is 13.3. The van der Waals surface area contributed by atoms with Crippen LogP contribution in [0.15, 0.2) is 72.4 Å². The molecule has 3 aromatic carbocycles. The number of phenolic OH excluding ortho intramolecular Hbond substituents is 1. The molecule has 0 spiro atoms. The van der Waals surface area contributed by atoms with Crippen molar-refractivity contribution in [3.05, 3.63) is 78.0 Å². The molecule has 4 rings (SSSR count). The number of nitrogens with one attached hydrogen (secondary N) is 1. The van der Waals surface area contributed by atoms with Gasteiger partial charge in [0, 0.05) is 34.9 Å². The molecule has 0 fully saturated rings. The van der Waals surface area contributed by atoms with Crippen LogP contribution in [-0.2, 0) is 11.2 Å². The summed E-state index contributed by atoms with van der Waals surface area (Å²) in [6.07, 6.45) is 2.49. The van der Waals surface area contributed by atoms with Gasteiger partial charge in [0.2, 0.25) is 0 Å². The van der Waals surface area contributed by atoms with Crippen LogP contribution in [0.4, 0.5) is 11.4 Å². The molecule has 0 atom stereocenters. The number of phenols is 1. The lowest BCUT2D eigenvalue weighted by Gasteiger charge is -2.15. The Balaban J connectivity index is 1.63. The Morgan fingerprint density at radius 2 is 1.85 bits per heavy atom. The van der Waals surface area contributed by atoms with E-state index in [1.54, 1.807) is 36.5 Å². The van der Waals surface area contributed by atoms with Crippen molar-refractivity contribution in [2.45, 2.75) is 6.42 Å². The van der Waals surface area contributed by atoms with E-state index in [1.165, 1.54) is 5.56 Å². The van der Waals surface area contributed by atoms with E-state index < -0.39 is 5.91 Å². The first-order valence-electron chi connectivity index (χ1n) is 8.66. The smallest absolute Gasteiger partial charge is 0.267 e. The number of benzene rings is 3. The standard InChI is InChI=1S/C22H17N3O2/c23-13-16(14-25-12-11-15-5-1-2-9-20(15)25)22(27)24-19-8-3-7-18-17(19)6-4-10-21(18)26/h1-10,14,26H,11-12H2,(H,24,27)/b16-14-. The highest BCUT2D eigenvalue weighted by Gasteiger charge is 2.19. The molecule has 1 aliphatic heterocycles. The monoisotopic (exact) mass is 355 g/mol. The molecule has 0 saturated heterocycles. The molecule has 5 heteroatoms. The Labute approximate surface area is 156 Å². The number of para-hydroxylation sites is 1. The van der Waals surface area contributed by atoms with E-state index in [2.05, 4.69) is 11.4 Å². The summed E-state index contributed by atoms with van der Waals surface area (Å²) in [6.45, 7) is 0.736. The van der Waals surface area contributed by atoms with Gasteiger partial charge in [-0.15, -0.1) is 0 Å². The number of carbonyl (C=O) groups is 1. The van der Waals surface area contributed by atoms with Crippen LogP contribution in [-0.4, -0.2) is 17.6 Å². The van der Waals surface area contributed by atoms with Crippen LogP contribution in [0.1, 0.15) is 5.56 Å². The highest BCUT2D eigenvalue weighted by molar-refractivity contribution is 6.11. The van der Waals surface area contributed by atoms with Gasteiger partial charge in [0.05, 0.1) is 0 Å². The first kappa shape index (κ1) is 16.7. The summed E-state index contributed by atoms with van der Waals surface area (Å²) in [7, 11) is 0. The lowest BCUT2D eigenvalue weighted by atomic mass is 10.1. The van der Waals surface area contributed by atoms with E-state index in [0.717, 1.165) is 24.0 Å². The first-order chi connectivity index (χ1) is 13.2. The summed E-state index contributed by atoms with van der Waals surface area (Å²) in [6, 6.07) is 20.4. The van der Waals surface area contributed by atoms with Crippen LogP contribution < -0.4 is 10.2 Å². The second-order valence-corrected chi connectivity index (χ2v) is 6.36. The SMILES string of the molecule is N#C/C(=C/N1CCc2ccccc21)C(=O)Nc1cccc2c(O)cccc12. The Hall–Kier alpha value is -3.78. The van der Waals surface area contributed by atoms with Gasteiger partial charge in [-0.1, -0.05) is 42.5 Å². The van der Waals surface area contributed by atoms with Gasteiger partial charge in [0.25, 0.3) is 5.91 Å². The fraction of sp³-hybridized carbons (Fsp3) is 0.0909. The van der Waals surface area contributed by atoms with Crippen molar-refractivity contribution in [1.29, 1.82) is 5.26 Å². The highest BCUT2D eigenvalue weighted by atomic mass is 16.3. The predicted molar refractivity (Wildman–Crippen MR) is 105 cm³/mol. The first-order valence-corrected chi connectivity index (χ1v) is 8.66. The molecule has 3 aromatic rings. The topological polar surface area (TPSA) is 76.4 Å². The van der Waals surface area contributed by atoms with Crippen LogP contribution in [0.3, 0.4) is 0 Å². The number of rotatable bonds is 3. The van der Waals surface area contributed by atoms with Gasteiger partial charge in [0.1, 0.15) is 17.4 Å². The fourth-order valence-electron chi connectivity index (χ4n) is 3.38. The number of fused-ring (bicyclic) bond motifs is 2. The van der Waals surface area contributed by atoms with Gasteiger partial charge in [0.15, 0.2) is 0 Å². The minimum absolute atomic E-state index is 0.0314. The minimum atomic E-state index is -0.474. The molecule has 0 saturated carbocycles. The molecule has 1 amide bonds. The number of hydrogen-bond donors (Lipinski definition) is 2. The zero-order valence-corrected chi connectivity index (χ0v) is 14.5. The van der Waals surface area contributed by atoms with Crippen LogP contribution in [0.2, 0.25) is 0 Å². The van der Waals surface area contributed by atoms with E-state index in [4.69, 9.17) is 0 Å². The zero-order chi connectivity index (χ0) is 18.8. The molecule has 0 aromatic heterocycles. The molecule has 1 heterocycles. The third-order valence-corrected chi connectivity index (χ3v) is 4.72. The lowest BCUT2D eigenvalue weighted by molar-refractivity contribution is -0.112. The number of carbonyl (C=O) groups excluding carboxylic acids is 1. The maximum Gasteiger partial charge on any atom is 0.267 e. The third kappa shape index (κ3) is 3.09. The molecular formula is C22H17N3O2. The van der Waals surface area contributed by atoms with Crippen molar-refractivity contribution in [2.24, 2.45) is 0 Å². The van der Waals surface area contributed by atoms with E-state index in [0.29, 0.717) is 11.1 Å². The Bertz CT molecular complexity index is 1110. The van der Waals surface area contributed by atoms with Crippen LogP contribution in [0, 0.1) is 11.3 Å². The molecule has 0 unspecified atom stereocenters. The number of hydrogen-bond acceptors (Lipinski definition) is 4. The average molecular weight is 355 g/mol. The number of anilines is 2. The molecule has 0 aliphatic carbocycles. The van der Waals surface area contributed by atoms with Crippen LogP contribution >= 0.6 is 0 Å². The lowest BCUT2D eigenvalue weighted by Crippen LogP contribution is -2.19. The van der Waals surface area contributed by atoms with E-state index in [-0.39, 0.29) is 11.3 Å². The van der Waals surface area contributed by atoms with E-state index in [9.17, 15) is 15.2 Å². The zero-order valence-electron chi connectivity index (χ0n) is 14.5. The highest BCUT2D eigenvalue weighted by Crippen LogP contribution is 2.31.